The summed E-state index contributed by atoms with van der Waals surface area (Å²) in [7, 11) is 1.90. The standard InChI is InChI=1S/C16H19N5O/c1-12-5-7-21-11-14(19-15(21)8-12)16(22)17-6-3-4-13-9-18-20(2)10-13/h5,7-11H,3-4,6H2,1-2H3,(H,17,22). The van der Waals surface area contributed by atoms with Crippen LogP contribution >= 0.6 is 0 Å². The molecule has 0 aliphatic carbocycles. The molecule has 0 saturated heterocycles. The largest absolute Gasteiger partial charge is 0.351 e. The van der Waals surface area contributed by atoms with Crippen molar-refractivity contribution in [2.45, 2.75) is 19.8 Å². The molecule has 0 atom stereocenters. The molecule has 3 aromatic rings. The Morgan fingerprint density at radius 1 is 1.36 bits per heavy atom. The smallest absolute Gasteiger partial charge is 0.271 e. The Labute approximate surface area is 128 Å². The number of fused-ring (bicyclic) bond motifs is 1. The number of aryl methyl sites for hydroxylation is 3. The highest BCUT2D eigenvalue weighted by Gasteiger charge is 2.10. The Morgan fingerprint density at radius 2 is 2.23 bits per heavy atom. The maximum atomic E-state index is 12.1. The molecule has 0 radical (unpaired) electrons. The van der Waals surface area contributed by atoms with Gasteiger partial charge in [0.2, 0.25) is 0 Å². The Balaban J connectivity index is 1.54. The summed E-state index contributed by atoms with van der Waals surface area (Å²) >= 11 is 0. The van der Waals surface area contributed by atoms with Crippen molar-refractivity contribution in [3.8, 4) is 0 Å². The fraction of sp³-hybridized carbons (Fsp3) is 0.312. The molecular formula is C16H19N5O. The molecule has 0 fully saturated rings. The van der Waals surface area contributed by atoms with Crippen molar-refractivity contribution in [1.29, 1.82) is 0 Å². The maximum absolute atomic E-state index is 12.1. The maximum Gasteiger partial charge on any atom is 0.271 e. The average molecular weight is 297 g/mol. The number of aromatic nitrogens is 4. The van der Waals surface area contributed by atoms with Gasteiger partial charge in [0, 0.05) is 32.2 Å². The zero-order valence-corrected chi connectivity index (χ0v) is 12.8. The van der Waals surface area contributed by atoms with E-state index < -0.39 is 0 Å². The van der Waals surface area contributed by atoms with Gasteiger partial charge in [-0.05, 0) is 43.0 Å². The number of pyridine rings is 1. The first-order valence-corrected chi connectivity index (χ1v) is 7.33. The molecule has 3 aromatic heterocycles. The van der Waals surface area contributed by atoms with Crippen LogP contribution < -0.4 is 5.32 Å². The third kappa shape index (κ3) is 3.16. The van der Waals surface area contributed by atoms with E-state index in [4.69, 9.17) is 0 Å². The second-order valence-electron chi connectivity index (χ2n) is 5.48. The zero-order chi connectivity index (χ0) is 15.5. The summed E-state index contributed by atoms with van der Waals surface area (Å²) in [6, 6.07) is 3.95. The predicted octanol–water partition coefficient (Wildman–Crippen LogP) is 1.74. The van der Waals surface area contributed by atoms with Crippen molar-refractivity contribution in [3.05, 3.63) is 53.7 Å². The summed E-state index contributed by atoms with van der Waals surface area (Å²) in [6.45, 7) is 2.63. The van der Waals surface area contributed by atoms with E-state index in [-0.39, 0.29) is 5.91 Å². The minimum atomic E-state index is -0.132. The number of amides is 1. The lowest BCUT2D eigenvalue weighted by molar-refractivity contribution is 0.0949. The summed E-state index contributed by atoms with van der Waals surface area (Å²) in [4.78, 5) is 16.5. The van der Waals surface area contributed by atoms with Crippen LogP contribution in [-0.2, 0) is 13.5 Å². The van der Waals surface area contributed by atoms with E-state index in [1.165, 1.54) is 5.56 Å². The van der Waals surface area contributed by atoms with Gasteiger partial charge in [-0.2, -0.15) is 5.10 Å². The summed E-state index contributed by atoms with van der Waals surface area (Å²) in [5.74, 6) is -0.132. The van der Waals surface area contributed by atoms with Crippen LogP contribution in [0.25, 0.3) is 5.65 Å². The number of hydrogen-bond acceptors (Lipinski definition) is 3. The van der Waals surface area contributed by atoms with E-state index in [0.717, 1.165) is 24.1 Å². The number of carbonyl (C=O) groups is 1. The van der Waals surface area contributed by atoms with Crippen molar-refractivity contribution < 1.29 is 4.79 Å². The fourth-order valence-corrected chi connectivity index (χ4v) is 2.38. The summed E-state index contributed by atoms with van der Waals surface area (Å²) in [5.41, 5.74) is 3.55. The molecule has 3 rings (SSSR count). The lowest BCUT2D eigenvalue weighted by atomic mass is 10.2. The highest BCUT2D eigenvalue weighted by atomic mass is 16.1. The van der Waals surface area contributed by atoms with Crippen molar-refractivity contribution in [2.75, 3.05) is 6.54 Å². The first kappa shape index (κ1) is 14.3. The van der Waals surface area contributed by atoms with Crippen LogP contribution in [0.5, 0.6) is 0 Å². The van der Waals surface area contributed by atoms with Crippen molar-refractivity contribution in [3.63, 3.8) is 0 Å². The number of rotatable bonds is 5. The van der Waals surface area contributed by atoms with Crippen LogP contribution in [0.2, 0.25) is 0 Å². The first-order valence-electron chi connectivity index (χ1n) is 7.33. The SMILES string of the molecule is Cc1ccn2cc(C(=O)NCCCc3cnn(C)c3)nc2c1. The van der Waals surface area contributed by atoms with Gasteiger partial charge in [0.1, 0.15) is 11.3 Å². The molecule has 0 aliphatic rings. The molecule has 3 heterocycles. The zero-order valence-electron chi connectivity index (χ0n) is 12.8. The molecule has 0 bridgehead atoms. The van der Waals surface area contributed by atoms with Gasteiger partial charge in [-0.1, -0.05) is 0 Å². The van der Waals surface area contributed by atoms with E-state index in [9.17, 15) is 4.79 Å². The topological polar surface area (TPSA) is 64.2 Å². The van der Waals surface area contributed by atoms with E-state index in [1.807, 2.05) is 49.1 Å². The van der Waals surface area contributed by atoms with Gasteiger partial charge in [0.05, 0.1) is 6.20 Å². The third-order valence-corrected chi connectivity index (χ3v) is 3.53. The van der Waals surface area contributed by atoms with Crippen molar-refractivity contribution >= 4 is 11.6 Å². The van der Waals surface area contributed by atoms with Crippen molar-refractivity contribution in [2.24, 2.45) is 7.05 Å². The first-order chi connectivity index (χ1) is 10.6. The van der Waals surface area contributed by atoms with E-state index in [0.29, 0.717) is 12.2 Å². The van der Waals surface area contributed by atoms with Crippen LogP contribution in [0.4, 0.5) is 0 Å². The molecule has 6 nitrogen and oxygen atoms in total. The van der Waals surface area contributed by atoms with E-state index in [2.05, 4.69) is 15.4 Å². The summed E-state index contributed by atoms with van der Waals surface area (Å²) in [5, 5.41) is 7.04. The van der Waals surface area contributed by atoms with Gasteiger partial charge < -0.3 is 9.72 Å². The number of imidazole rings is 1. The number of nitrogens with one attached hydrogen (secondary N) is 1. The number of carbonyl (C=O) groups excluding carboxylic acids is 1. The molecule has 1 N–H and O–H groups in total. The molecule has 0 spiro atoms. The molecule has 0 aromatic carbocycles. The molecule has 1 amide bonds. The van der Waals surface area contributed by atoms with E-state index >= 15 is 0 Å². The minimum absolute atomic E-state index is 0.132. The van der Waals surface area contributed by atoms with Crippen LogP contribution in [0.3, 0.4) is 0 Å². The Kier molecular flexibility index (Phi) is 3.91. The number of hydrogen-bond donors (Lipinski definition) is 1. The predicted molar refractivity (Wildman–Crippen MR) is 83.8 cm³/mol. The van der Waals surface area contributed by atoms with Crippen molar-refractivity contribution in [1.82, 2.24) is 24.5 Å². The Hall–Kier alpha value is -2.63. The van der Waals surface area contributed by atoms with Gasteiger partial charge in [-0.15, -0.1) is 0 Å². The van der Waals surface area contributed by atoms with Gasteiger partial charge >= 0.3 is 0 Å². The van der Waals surface area contributed by atoms with Gasteiger partial charge in [0.15, 0.2) is 0 Å². The molecule has 114 valence electrons. The molecular weight excluding hydrogens is 278 g/mol. The van der Waals surface area contributed by atoms with Crippen LogP contribution in [0, 0.1) is 6.92 Å². The quantitative estimate of drug-likeness (QED) is 0.730. The van der Waals surface area contributed by atoms with Crippen LogP contribution in [-0.4, -0.2) is 31.6 Å². The molecule has 6 heteroatoms. The number of nitrogens with zero attached hydrogens (tertiary/aromatic N) is 4. The van der Waals surface area contributed by atoms with Gasteiger partial charge in [0.25, 0.3) is 5.91 Å². The van der Waals surface area contributed by atoms with Crippen LogP contribution in [0.15, 0.2) is 36.9 Å². The summed E-state index contributed by atoms with van der Waals surface area (Å²) < 4.78 is 3.64. The molecule has 0 saturated carbocycles. The van der Waals surface area contributed by atoms with Gasteiger partial charge in [-0.3, -0.25) is 9.48 Å². The lowest BCUT2D eigenvalue weighted by Gasteiger charge is -2.01. The lowest BCUT2D eigenvalue weighted by Crippen LogP contribution is -2.25. The summed E-state index contributed by atoms with van der Waals surface area (Å²) in [6.07, 6.45) is 9.29. The Morgan fingerprint density at radius 3 is 3.00 bits per heavy atom. The second-order valence-corrected chi connectivity index (χ2v) is 5.48. The fourth-order valence-electron chi connectivity index (χ4n) is 2.38. The Bertz CT molecular complexity index is 802. The van der Waals surface area contributed by atoms with Crippen LogP contribution in [0.1, 0.15) is 28.0 Å². The third-order valence-electron chi connectivity index (χ3n) is 3.53. The van der Waals surface area contributed by atoms with Gasteiger partial charge in [-0.25, -0.2) is 4.98 Å². The normalized spacial score (nSPS) is 11.0. The average Bonchev–Trinajstić information content (AvgIpc) is 3.09. The minimum Gasteiger partial charge on any atom is -0.351 e. The highest BCUT2D eigenvalue weighted by Crippen LogP contribution is 2.07. The molecule has 0 unspecified atom stereocenters. The molecule has 22 heavy (non-hydrogen) atoms. The van der Waals surface area contributed by atoms with E-state index in [1.54, 1.807) is 10.9 Å². The second kappa shape index (κ2) is 6.01. The highest BCUT2D eigenvalue weighted by molar-refractivity contribution is 5.92. The monoisotopic (exact) mass is 297 g/mol. The molecule has 0 aliphatic heterocycles.